The minimum Gasteiger partial charge on any atom is -0.495 e. The van der Waals surface area contributed by atoms with Gasteiger partial charge in [0, 0.05) is 13.0 Å². The van der Waals surface area contributed by atoms with Crippen LogP contribution in [-0.2, 0) is 14.3 Å². The van der Waals surface area contributed by atoms with Gasteiger partial charge in [0.2, 0.25) is 11.7 Å². The van der Waals surface area contributed by atoms with E-state index in [4.69, 9.17) is 4.74 Å². The van der Waals surface area contributed by atoms with Crippen LogP contribution in [0.15, 0.2) is 52.4 Å². The topological polar surface area (TPSA) is 117 Å². The monoisotopic (exact) mass is 495 g/mol. The number of benzene rings is 2. The summed E-state index contributed by atoms with van der Waals surface area (Å²) in [6.45, 7) is 2.30. The van der Waals surface area contributed by atoms with Gasteiger partial charge in [-0.25, -0.2) is 4.57 Å². The van der Waals surface area contributed by atoms with Crippen LogP contribution in [0, 0.1) is 6.92 Å². The van der Waals surface area contributed by atoms with Gasteiger partial charge in [-0.3, -0.25) is 18.8 Å². The molecule has 0 bridgehead atoms. The van der Waals surface area contributed by atoms with Gasteiger partial charge >= 0.3 is 5.97 Å². The molecule has 0 radical (unpaired) electrons. The maximum Gasteiger partial charge on any atom is 0.305 e. The number of hydrogen-bond donors (Lipinski definition) is 1. The molecule has 1 N–H and O–H groups in total. The number of aryl methyl sites for hydroxylation is 1. The third-order valence-corrected chi connectivity index (χ3v) is 6.34. The molecule has 0 atom stereocenters. The molecule has 182 valence electrons. The summed E-state index contributed by atoms with van der Waals surface area (Å²) in [5.74, 6) is 0.429. The number of methoxy groups -OCH3 is 2. The lowest BCUT2D eigenvalue weighted by molar-refractivity contribution is -0.140. The van der Waals surface area contributed by atoms with E-state index in [-0.39, 0.29) is 29.6 Å². The number of para-hydroxylation sites is 1. The average Bonchev–Trinajstić information content (AvgIpc) is 3.29. The van der Waals surface area contributed by atoms with Gasteiger partial charge in [-0.1, -0.05) is 30.0 Å². The molecule has 4 rings (SSSR count). The fourth-order valence-electron chi connectivity index (χ4n) is 3.71. The summed E-state index contributed by atoms with van der Waals surface area (Å²) in [7, 11) is 2.88. The van der Waals surface area contributed by atoms with E-state index < -0.39 is 0 Å². The van der Waals surface area contributed by atoms with Gasteiger partial charge < -0.3 is 14.8 Å². The first kappa shape index (κ1) is 24.3. The smallest absolute Gasteiger partial charge is 0.305 e. The van der Waals surface area contributed by atoms with Crippen molar-refractivity contribution in [3.05, 3.63) is 58.4 Å². The Morgan fingerprint density at radius 1 is 1.11 bits per heavy atom. The number of carbonyl (C=O) groups excluding carboxylic acids is 2. The van der Waals surface area contributed by atoms with Gasteiger partial charge in [0.25, 0.3) is 5.56 Å². The van der Waals surface area contributed by atoms with Crippen LogP contribution in [0.2, 0.25) is 0 Å². The average molecular weight is 496 g/mol. The van der Waals surface area contributed by atoms with Crippen molar-refractivity contribution >= 4 is 40.3 Å². The maximum absolute atomic E-state index is 13.5. The molecule has 0 fully saturated rings. The van der Waals surface area contributed by atoms with Crippen LogP contribution in [0.4, 0.5) is 0 Å². The van der Waals surface area contributed by atoms with Crippen LogP contribution in [0.3, 0.4) is 0 Å². The summed E-state index contributed by atoms with van der Waals surface area (Å²) in [6.07, 6.45) is 0.733. The second-order valence-electron chi connectivity index (χ2n) is 7.77. The quantitative estimate of drug-likeness (QED) is 0.214. The predicted octanol–water partition coefficient (Wildman–Crippen LogP) is 2.51. The molecular weight excluding hydrogens is 470 g/mol. The number of esters is 1. The van der Waals surface area contributed by atoms with Crippen molar-refractivity contribution in [1.82, 2.24) is 24.5 Å². The van der Waals surface area contributed by atoms with E-state index in [1.165, 1.54) is 23.4 Å². The number of carbonyl (C=O) groups is 2. The summed E-state index contributed by atoms with van der Waals surface area (Å²) in [5, 5.41) is 12.3. The van der Waals surface area contributed by atoms with Gasteiger partial charge in [-0.2, -0.15) is 0 Å². The van der Waals surface area contributed by atoms with Crippen molar-refractivity contribution in [3.63, 3.8) is 0 Å². The number of nitrogens with zero attached hydrogens (tertiary/aromatic N) is 4. The molecule has 35 heavy (non-hydrogen) atoms. The van der Waals surface area contributed by atoms with Crippen molar-refractivity contribution in [2.24, 2.45) is 0 Å². The lowest BCUT2D eigenvalue weighted by Gasteiger charge is -2.14. The lowest BCUT2D eigenvalue weighted by Crippen LogP contribution is -2.26. The van der Waals surface area contributed by atoms with E-state index in [9.17, 15) is 14.4 Å². The number of nitrogens with one attached hydrogen (secondary N) is 1. The molecule has 2 aromatic heterocycles. The van der Waals surface area contributed by atoms with Crippen LogP contribution in [0.1, 0.15) is 18.4 Å². The zero-order chi connectivity index (χ0) is 24.9. The van der Waals surface area contributed by atoms with Gasteiger partial charge in [0.15, 0.2) is 5.16 Å². The van der Waals surface area contributed by atoms with Crippen molar-refractivity contribution < 1.29 is 19.1 Å². The summed E-state index contributed by atoms with van der Waals surface area (Å²) < 4.78 is 13.4. The molecule has 11 heteroatoms. The minimum atomic E-state index is -0.313. The maximum atomic E-state index is 13.5. The third kappa shape index (κ3) is 4.99. The van der Waals surface area contributed by atoms with Crippen molar-refractivity contribution in [3.8, 4) is 11.4 Å². The number of fused-ring (bicyclic) bond motifs is 3. The highest BCUT2D eigenvalue weighted by molar-refractivity contribution is 7.99. The van der Waals surface area contributed by atoms with E-state index in [2.05, 4.69) is 20.3 Å². The number of amides is 1. The Morgan fingerprint density at radius 3 is 2.69 bits per heavy atom. The Bertz CT molecular complexity index is 1460. The molecule has 0 saturated heterocycles. The van der Waals surface area contributed by atoms with Crippen LogP contribution < -0.4 is 15.6 Å². The van der Waals surface area contributed by atoms with Crippen molar-refractivity contribution in [2.45, 2.75) is 24.9 Å². The predicted molar refractivity (Wildman–Crippen MR) is 132 cm³/mol. The Hall–Kier alpha value is -3.86. The number of ether oxygens (including phenoxy) is 2. The fourth-order valence-corrected chi connectivity index (χ4v) is 4.48. The Labute approximate surface area is 205 Å². The van der Waals surface area contributed by atoms with E-state index in [0.29, 0.717) is 46.2 Å². The molecule has 1 amide bonds. The summed E-state index contributed by atoms with van der Waals surface area (Å²) in [4.78, 5) is 37.1. The fraction of sp³-hybridized carbons (Fsp3) is 0.292. The van der Waals surface area contributed by atoms with Crippen molar-refractivity contribution in [2.75, 3.05) is 26.5 Å². The standard InChI is InChI=1S/C24H25N5O5S/c1-15-10-11-19(33-2)18(13-15)28-22(32)16-7-4-5-8-17(16)29-23(28)26-27-24(29)35-14-20(30)25-12-6-9-21(31)34-3/h4-5,7-8,10-11,13H,6,9,12,14H2,1-3H3,(H,25,30). The molecule has 0 aliphatic rings. The Morgan fingerprint density at radius 2 is 1.91 bits per heavy atom. The zero-order valence-electron chi connectivity index (χ0n) is 19.6. The number of hydrogen-bond acceptors (Lipinski definition) is 8. The Kier molecular flexibility index (Phi) is 7.35. The molecule has 2 heterocycles. The van der Waals surface area contributed by atoms with E-state index in [1.807, 2.05) is 31.2 Å². The molecule has 10 nitrogen and oxygen atoms in total. The van der Waals surface area contributed by atoms with Gasteiger partial charge in [-0.05, 0) is 43.2 Å². The van der Waals surface area contributed by atoms with Crippen LogP contribution in [-0.4, -0.2) is 57.6 Å². The SMILES string of the molecule is COC(=O)CCCNC(=O)CSc1nnc2n(-c3cc(C)ccc3OC)c(=O)c3ccccc3n12. The summed E-state index contributed by atoms with van der Waals surface area (Å²) in [5.41, 5.74) is 1.91. The second kappa shape index (κ2) is 10.6. The normalized spacial score (nSPS) is 11.1. The minimum absolute atomic E-state index is 0.0975. The first-order valence-corrected chi connectivity index (χ1v) is 11.9. The van der Waals surface area contributed by atoms with Gasteiger partial charge in [-0.15, -0.1) is 10.2 Å². The third-order valence-electron chi connectivity index (χ3n) is 5.41. The van der Waals surface area contributed by atoms with Crippen molar-refractivity contribution in [1.29, 1.82) is 0 Å². The number of thioether (sulfide) groups is 1. The Balaban J connectivity index is 1.69. The lowest BCUT2D eigenvalue weighted by atomic mass is 10.2. The number of aromatic nitrogens is 4. The molecule has 0 aliphatic carbocycles. The first-order chi connectivity index (χ1) is 16.9. The second-order valence-corrected chi connectivity index (χ2v) is 8.71. The molecule has 0 saturated carbocycles. The van der Waals surface area contributed by atoms with E-state index in [0.717, 1.165) is 5.56 Å². The highest BCUT2D eigenvalue weighted by Gasteiger charge is 2.20. The number of rotatable bonds is 9. The van der Waals surface area contributed by atoms with E-state index >= 15 is 0 Å². The zero-order valence-corrected chi connectivity index (χ0v) is 20.4. The van der Waals surface area contributed by atoms with Gasteiger partial charge in [0.1, 0.15) is 5.75 Å². The molecule has 4 aromatic rings. The highest BCUT2D eigenvalue weighted by atomic mass is 32.2. The largest absolute Gasteiger partial charge is 0.495 e. The van der Waals surface area contributed by atoms with Crippen LogP contribution >= 0.6 is 11.8 Å². The molecular formula is C24H25N5O5S. The molecule has 0 unspecified atom stereocenters. The van der Waals surface area contributed by atoms with E-state index in [1.54, 1.807) is 29.7 Å². The molecule has 0 aliphatic heterocycles. The van der Waals surface area contributed by atoms with Crippen LogP contribution in [0.5, 0.6) is 5.75 Å². The summed E-state index contributed by atoms with van der Waals surface area (Å²) in [6, 6.07) is 12.8. The van der Waals surface area contributed by atoms with Gasteiger partial charge in [0.05, 0.1) is 36.6 Å². The highest BCUT2D eigenvalue weighted by Crippen LogP contribution is 2.27. The molecule has 0 spiro atoms. The summed E-state index contributed by atoms with van der Waals surface area (Å²) >= 11 is 1.21. The first-order valence-electron chi connectivity index (χ1n) is 10.9. The molecule has 2 aromatic carbocycles. The van der Waals surface area contributed by atoms with Crippen LogP contribution in [0.25, 0.3) is 22.4 Å².